The number of benzene rings is 1. The third-order valence-corrected chi connectivity index (χ3v) is 2.15. The van der Waals surface area contributed by atoms with Gasteiger partial charge in [-0.3, -0.25) is 10.1 Å². The van der Waals surface area contributed by atoms with Gasteiger partial charge in [-0.15, -0.1) is 0 Å². The van der Waals surface area contributed by atoms with Crippen molar-refractivity contribution < 1.29 is 39.6 Å². The van der Waals surface area contributed by atoms with Crippen LogP contribution in [0.3, 0.4) is 0 Å². The van der Waals surface area contributed by atoms with Crippen LogP contribution >= 0.6 is 22.6 Å². The zero-order valence-corrected chi connectivity index (χ0v) is 11.3. The molecule has 0 N–H and O–H groups in total. The van der Waals surface area contributed by atoms with Crippen LogP contribution in [0.25, 0.3) is 0 Å². The maximum Gasteiger partial charge on any atom is 1.00 e. The molecule has 0 spiro atoms. The van der Waals surface area contributed by atoms with Gasteiger partial charge < -0.3 is 5.11 Å². The smallest absolute Gasteiger partial charge is 0.867 e. The van der Waals surface area contributed by atoms with Crippen molar-refractivity contribution in [1.29, 1.82) is 5.26 Å². The summed E-state index contributed by atoms with van der Waals surface area (Å²) in [5, 5.41) is 29.9. The number of rotatable bonds is 1. The van der Waals surface area contributed by atoms with E-state index in [1.54, 1.807) is 28.7 Å². The predicted octanol–water partition coefficient (Wildman–Crippen LogP) is -1.85. The Kier molecular flexibility index (Phi) is 5.36. The van der Waals surface area contributed by atoms with E-state index in [-0.39, 0.29) is 38.7 Å². The molecular formula is C7H2IN2NaO3. The van der Waals surface area contributed by atoms with E-state index in [1.165, 1.54) is 6.07 Å². The van der Waals surface area contributed by atoms with Gasteiger partial charge >= 0.3 is 29.6 Å². The normalized spacial score (nSPS) is 8.57. The minimum atomic E-state index is -0.786. The van der Waals surface area contributed by atoms with E-state index < -0.39 is 16.4 Å². The summed E-state index contributed by atoms with van der Waals surface area (Å²) in [4.78, 5) is 9.55. The fourth-order valence-corrected chi connectivity index (χ4v) is 1.39. The molecule has 1 aromatic rings. The molecule has 0 aliphatic heterocycles. The molecule has 0 fully saturated rings. The van der Waals surface area contributed by atoms with Crippen molar-refractivity contribution in [3.05, 3.63) is 31.4 Å². The molecule has 0 radical (unpaired) electrons. The summed E-state index contributed by atoms with van der Waals surface area (Å²) < 4.78 is 0.184. The van der Waals surface area contributed by atoms with Crippen LogP contribution in [0.4, 0.5) is 5.69 Å². The fourth-order valence-electron chi connectivity index (χ4n) is 0.779. The second kappa shape index (κ2) is 5.50. The summed E-state index contributed by atoms with van der Waals surface area (Å²) in [6, 6.07) is 4.03. The van der Waals surface area contributed by atoms with Gasteiger partial charge in [0.25, 0.3) is 5.69 Å². The first-order valence-corrected chi connectivity index (χ1v) is 4.19. The number of hydrogen-bond donors (Lipinski definition) is 0. The van der Waals surface area contributed by atoms with E-state index in [9.17, 15) is 15.2 Å². The van der Waals surface area contributed by atoms with Crippen molar-refractivity contribution in [3.63, 3.8) is 0 Å². The van der Waals surface area contributed by atoms with Crippen LogP contribution in [-0.4, -0.2) is 4.92 Å². The zero-order valence-electron chi connectivity index (χ0n) is 7.15. The van der Waals surface area contributed by atoms with Crippen molar-refractivity contribution in [2.75, 3.05) is 0 Å². The third-order valence-electron chi connectivity index (χ3n) is 1.35. The quantitative estimate of drug-likeness (QED) is 0.263. The molecule has 0 atom stereocenters. The van der Waals surface area contributed by atoms with Gasteiger partial charge in [-0.1, -0.05) is 0 Å². The Balaban J connectivity index is 0.00000169. The average Bonchev–Trinajstić information content (AvgIpc) is 2.09. The van der Waals surface area contributed by atoms with Crippen LogP contribution in [0.1, 0.15) is 5.56 Å². The maximum absolute atomic E-state index is 11.1. The first-order valence-electron chi connectivity index (χ1n) is 3.11. The Bertz CT molecular complexity index is 416. The van der Waals surface area contributed by atoms with Gasteiger partial charge in [-0.25, -0.2) is 0 Å². The SMILES string of the molecule is N#Cc1cc(I)c([O-])c([N+](=O)[O-])c1.[Na+]. The standard InChI is InChI=1S/C7H3IN2O3.Na/c8-5-1-4(3-9)2-6(7(5)11)10(12)13;/h1-2,11H;/q;+1/p-1. The van der Waals surface area contributed by atoms with E-state index >= 15 is 0 Å². The predicted molar refractivity (Wildman–Crippen MR) is 50.0 cm³/mol. The van der Waals surface area contributed by atoms with Crippen molar-refractivity contribution in [2.24, 2.45) is 0 Å². The second-order valence-corrected chi connectivity index (χ2v) is 3.34. The van der Waals surface area contributed by atoms with Gasteiger partial charge in [0, 0.05) is 9.64 Å². The Labute approximate surface area is 115 Å². The topological polar surface area (TPSA) is 90.0 Å². The molecule has 1 rings (SSSR count). The molecule has 1 aromatic carbocycles. The summed E-state index contributed by atoms with van der Waals surface area (Å²) >= 11 is 1.66. The molecule has 0 bridgehead atoms. The molecule has 7 heteroatoms. The van der Waals surface area contributed by atoms with E-state index in [2.05, 4.69) is 0 Å². The number of nitro groups is 1. The molecule has 14 heavy (non-hydrogen) atoms. The summed E-state index contributed by atoms with van der Waals surface area (Å²) in [6.45, 7) is 0. The Morgan fingerprint density at radius 2 is 2.07 bits per heavy atom. The summed E-state index contributed by atoms with van der Waals surface area (Å²) in [6.07, 6.45) is 0. The maximum atomic E-state index is 11.1. The van der Waals surface area contributed by atoms with Gasteiger partial charge in [-0.05, 0) is 34.4 Å². The minimum absolute atomic E-state index is 0. The van der Waals surface area contributed by atoms with Crippen LogP contribution in [0.5, 0.6) is 5.75 Å². The monoisotopic (exact) mass is 312 g/mol. The Morgan fingerprint density at radius 1 is 1.50 bits per heavy atom. The van der Waals surface area contributed by atoms with Crippen LogP contribution in [0.15, 0.2) is 12.1 Å². The van der Waals surface area contributed by atoms with Crippen LogP contribution in [0.2, 0.25) is 0 Å². The number of hydrogen-bond acceptors (Lipinski definition) is 4. The van der Waals surface area contributed by atoms with Crippen molar-refractivity contribution in [2.45, 2.75) is 0 Å². The molecule has 66 valence electrons. The van der Waals surface area contributed by atoms with Gasteiger partial charge in [0.2, 0.25) is 0 Å². The number of halogens is 1. The second-order valence-electron chi connectivity index (χ2n) is 2.18. The molecule has 0 aliphatic rings. The number of nitriles is 1. The molecule has 0 unspecified atom stereocenters. The minimum Gasteiger partial charge on any atom is -0.867 e. The first-order chi connectivity index (χ1) is 6.06. The van der Waals surface area contributed by atoms with E-state index in [0.717, 1.165) is 6.07 Å². The molecule has 0 heterocycles. The van der Waals surface area contributed by atoms with Crippen LogP contribution in [0, 0.1) is 25.0 Å². The molecular weight excluding hydrogens is 310 g/mol. The molecule has 0 aliphatic carbocycles. The van der Waals surface area contributed by atoms with Crippen molar-refractivity contribution in [1.82, 2.24) is 0 Å². The van der Waals surface area contributed by atoms with Crippen LogP contribution in [-0.2, 0) is 0 Å². The summed E-state index contributed by atoms with van der Waals surface area (Å²) in [7, 11) is 0. The van der Waals surface area contributed by atoms with E-state index in [1.807, 2.05) is 0 Å². The van der Waals surface area contributed by atoms with Crippen LogP contribution < -0.4 is 34.7 Å². The Hall–Kier alpha value is -0.360. The molecule has 0 amide bonds. The average molecular weight is 312 g/mol. The van der Waals surface area contributed by atoms with Crippen molar-refractivity contribution >= 4 is 28.3 Å². The van der Waals surface area contributed by atoms with E-state index in [4.69, 9.17) is 5.26 Å². The molecule has 0 saturated carbocycles. The Morgan fingerprint density at radius 3 is 2.50 bits per heavy atom. The van der Waals surface area contributed by atoms with E-state index in [0.29, 0.717) is 0 Å². The first kappa shape index (κ1) is 13.6. The number of nitrogens with zero attached hydrogens (tertiary/aromatic N) is 2. The van der Waals surface area contributed by atoms with Gasteiger partial charge in [0.15, 0.2) is 0 Å². The largest absolute Gasteiger partial charge is 1.00 e. The van der Waals surface area contributed by atoms with Crippen molar-refractivity contribution in [3.8, 4) is 11.8 Å². The molecule has 0 aromatic heterocycles. The van der Waals surface area contributed by atoms with Gasteiger partial charge in [0.05, 0.1) is 16.6 Å². The van der Waals surface area contributed by atoms with Gasteiger partial charge in [0.1, 0.15) is 0 Å². The molecule has 0 saturated heterocycles. The summed E-state index contributed by atoms with van der Waals surface area (Å²) in [5.74, 6) is -0.649. The molecule has 5 nitrogen and oxygen atoms in total. The zero-order chi connectivity index (χ0) is 10.0. The summed E-state index contributed by atoms with van der Waals surface area (Å²) in [5.41, 5.74) is -0.431. The fraction of sp³-hybridized carbons (Fsp3) is 0. The van der Waals surface area contributed by atoms with Gasteiger partial charge in [-0.2, -0.15) is 5.26 Å². The number of nitro benzene ring substituents is 1. The third kappa shape index (κ3) is 2.81.